The number of aromatic nitrogens is 3. The zero-order valence-electron chi connectivity index (χ0n) is 20.3. The lowest BCUT2D eigenvalue weighted by Crippen LogP contribution is -2.51. The predicted molar refractivity (Wildman–Crippen MR) is 143 cm³/mol. The molecule has 1 atom stereocenters. The molecule has 0 bridgehead atoms. The van der Waals surface area contributed by atoms with Crippen molar-refractivity contribution in [3.63, 3.8) is 0 Å². The van der Waals surface area contributed by atoms with Gasteiger partial charge in [0.05, 0.1) is 18.2 Å². The van der Waals surface area contributed by atoms with Gasteiger partial charge in [0.2, 0.25) is 11.9 Å². The van der Waals surface area contributed by atoms with Gasteiger partial charge in [-0.15, -0.1) is 0 Å². The van der Waals surface area contributed by atoms with Crippen molar-refractivity contribution in [2.75, 3.05) is 31.5 Å². The monoisotopic (exact) mass is 514 g/mol. The number of carbonyl (C=O) groups excluding carboxylic acids is 2. The van der Waals surface area contributed by atoms with Gasteiger partial charge in [-0.3, -0.25) is 14.6 Å². The summed E-state index contributed by atoms with van der Waals surface area (Å²) in [6.45, 7) is 2.12. The van der Waals surface area contributed by atoms with Gasteiger partial charge in [-0.1, -0.05) is 48.0 Å². The fourth-order valence-corrected chi connectivity index (χ4v) is 4.52. The fourth-order valence-electron chi connectivity index (χ4n) is 4.39. The number of hydrogen-bond acceptors (Lipinski definition) is 6. The Labute approximate surface area is 220 Å². The largest absolute Gasteiger partial charge is 0.348 e. The highest BCUT2D eigenvalue weighted by Crippen LogP contribution is 2.22. The molecule has 8 nitrogen and oxygen atoms in total. The second kappa shape index (κ2) is 11.3. The van der Waals surface area contributed by atoms with Crippen molar-refractivity contribution in [2.45, 2.75) is 18.9 Å². The molecule has 0 spiro atoms. The van der Waals surface area contributed by atoms with E-state index >= 15 is 0 Å². The normalized spacial score (nSPS) is 17.3. The highest BCUT2D eigenvalue weighted by atomic mass is 35.5. The van der Waals surface area contributed by atoms with E-state index in [4.69, 9.17) is 11.6 Å². The molecule has 1 aromatic carbocycles. The molecule has 188 valence electrons. The number of halogens is 1. The van der Waals surface area contributed by atoms with Crippen LogP contribution in [-0.4, -0.2) is 68.8 Å². The summed E-state index contributed by atoms with van der Waals surface area (Å²) in [4.78, 5) is 42.3. The van der Waals surface area contributed by atoms with Crippen molar-refractivity contribution < 1.29 is 9.59 Å². The van der Waals surface area contributed by atoms with E-state index in [1.165, 1.54) is 0 Å². The third-order valence-corrected chi connectivity index (χ3v) is 6.71. The van der Waals surface area contributed by atoms with Gasteiger partial charge in [-0.2, -0.15) is 0 Å². The summed E-state index contributed by atoms with van der Waals surface area (Å²) in [6.07, 6.45) is 11.9. The van der Waals surface area contributed by atoms with E-state index < -0.39 is 0 Å². The van der Waals surface area contributed by atoms with E-state index in [-0.39, 0.29) is 17.9 Å². The smallest absolute Gasteiger partial charge is 0.253 e. The van der Waals surface area contributed by atoms with Gasteiger partial charge >= 0.3 is 0 Å². The molecule has 2 aliphatic rings. The van der Waals surface area contributed by atoms with Gasteiger partial charge < -0.3 is 15.1 Å². The Kier molecular flexibility index (Phi) is 7.56. The number of nitrogens with zero attached hydrogens (tertiary/aromatic N) is 5. The zero-order chi connectivity index (χ0) is 25.6. The minimum absolute atomic E-state index is 0.00459. The summed E-state index contributed by atoms with van der Waals surface area (Å²) < 4.78 is 0. The van der Waals surface area contributed by atoms with Crippen LogP contribution in [0.25, 0.3) is 11.3 Å². The van der Waals surface area contributed by atoms with Crippen LogP contribution in [0.2, 0.25) is 5.02 Å². The van der Waals surface area contributed by atoms with E-state index in [2.05, 4.69) is 20.3 Å². The lowest BCUT2D eigenvalue weighted by atomic mass is 10.0. The summed E-state index contributed by atoms with van der Waals surface area (Å²) in [5.74, 6) is 0.584. The quantitative estimate of drug-likeness (QED) is 0.538. The minimum atomic E-state index is -0.0148. The lowest BCUT2D eigenvalue weighted by molar-refractivity contribution is -0.137. The average molecular weight is 515 g/mol. The summed E-state index contributed by atoms with van der Waals surface area (Å²) in [6, 6.07) is 13.1. The molecular weight excluding hydrogens is 488 g/mol. The van der Waals surface area contributed by atoms with E-state index in [1.807, 2.05) is 70.5 Å². The molecule has 37 heavy (non-hydrogen) atoms. The number of hydrogen-bond donors (Lipinski definition) is 1. The molecule has 1 unspecified atom stereocenters. The highest BCUT2D eigenvalue weighted by Gasteiger charge is 2.26. The molecule has 9 heteroatoms. The minimum Gasteiger partial charge on any atom is -0.348 e. The van der Waals surface area contributed by atoms with Crippen LogP contribution < -0.4 is 5.32 Å². The van der Waals surface area contributed by atoms with Gasteiger partial charge in [0.15, 0.2) is 0 Å². The Balaban J connectivity index is 1.12. The number of pyridine rings is 1. The van der Waals surface area contributed by atoms with Gasteiger partial charge in [0, 0.05) is 60.9 Å². The molecule has 1 fully saturated rings. The third-order valence-electron chi connectivity index (χ3n) is 6.45. The number of piperazine rings is 1. The number of carbonyl (C=O) groups is 2. The summed E-state index contributed by atoms with van der Waals surface area (Å²) in [5, 5.41) is 4.00. The van der Waals surface area contributed by atoms with Crippen LogP contribution in [0, 0.1) is 0 Å². The van der Waals surface area contributed by atoms with Crippen LogP contribution in [0.3, 0.4) is 0 Å². The second-order valence-electron chi connectivity index (χ2n) is 8.99. The predicted octanol–water partition coefficient (Wildman–Crippen LogP) is 3.77. The lowest BCUT2D eigenvalue weighted by Gasteiger charge is -2.35. The van der Waals surface area contributed by atoms with Crippen molar-refractivity contribution in [1.82, 2.24) is 24.8 Å². The Morgan fingerprint density at radius 3 is 2.49 bits per heavy atom. The van der Waals surface area contributed by atoms with Crippen molar-refractivity contribution in [2.24, 2.45) is 0 Å². The van der Waals surface area contributed by atoms with Gasteiger partial charge in [-0.25, -0.2) is 9.97 Å². The molecule has 0 saturated carbocycles. The van der Waals surface area contributed by atoms with Crippen LogP contribution in [0.1, 0.15) is 12.0 Å². The van der Waals surface area contributed by atoms with Gasteiger partial charge in [0.25, 0.3) is 5.91 Å². The number of rotatable bonds is 6. The zero-order valence-corrected chi connectivity index (χ0v) is 21.0. The first-order valence-electron chi connectivity index (χ1n) is 12.2. The number of benzene rings is 1. The Morgan fingerprint density at radius 1 is 1.00 bits per heavy atom. The number of amides is 2. The molecule has 2 amide bonds. The molecule has 2 aromatic heterocycles. The Morgan fingerprint density at radius 2 is 1.78 bits per heavy atom. The van der Waals surface area contributed by atoms with Gasteiger partial charge in [0.1, 0.15) is 0 Å². The SMILES string of the molecule is O=C(Cc1cccnc1)N1CCN(C(=O)C2=CCC(Nc3nccc(-c4ccc(Cl)cc4)n3)C=C2)CC1. The summed E-state index contributed by atoms with van der Waals surface area (Å²) in [5.41, 5.74) is 3.33. The van der Waals surface area contributed by atoms with E-state index in [9.17, 15) is 9.59 Å². The Bertz CT molecular complexity index is 1320. The second-order valence-corrected chi connectivity index (χ2v) is 9.42. The molecule has 3 aromatic rings. The van der Waals surface area contributed by atoms with E-state index in [1.54, 1.807) is 18.6 Å². The van der Waals surface area contributed by atoms with Crippen LogP contribution in [0.5, 0.6) is 0 Å². The maximum absolute atomic E-state index is 13.1. The maximum Gasteiger partial charge on any atom is 0.253 e. The average Bonchev–Trinajstić information content (AvgIpc) is 2.94. The Hall–Kier alpha value is -4.04. The molecule has 1 N–H and O–H groups in total. The van der Waals surface area contributed by atoms with Crippen molar-refractivity contribution in [1.29, 1.82) is 0 Å². The molecule has 0 radical (unpaired) electrons. The molecule has 1 saturated heterocycles. The van der Waals surface area contributed by atoms with Gasteiger partial charge in [-0.05, 0) is 36.2 Å². The number of anilines is 1. The van der Waals surface area contributed by atoms with Crippen LogP contribution in [0.4, 0.5) is 5.95 Å². The number of nitrogens with one attached hydrogen (secondary N) is 1. The molecule has 1 aliphatic heterocycles. The molecular formula is C28H27ClN6O2. The van der Waals surface area contributed by atoms with E-state index in [0.29, 0.717) is 55.6 Å². The summed E-state index contributed by atoms with van der Waals surface area (Å²) in [7, 11) is 0. The first-order chi connectivity index (χ1) is 18.0. The van der Waals surface area contributed by atoms with Crippen molar-refractivity contribution in [3.8, 4) is 11.3 Å². The van der Waals surface area contributed by atoms with Crippen LogP contribution in [-0.2, 0) is 16.0 Å². The first kappa shape index (κ1) is 24.6. The first-order valence-corrected chi connectivity index (χ1v) is 12.6. The fraction of sp³-hybridized carbons (Fsp3) is 0.250. The molecule has 1 aliphatic carbocycles. The van der Waals surface area contributed by atoms with E-state index in [0.717, 1.165) is 16.8 Å². The molecule has 5 rings (SSSR count). The van der Waals surface area contributed by atoms with Crippen molar-refractivity contribution >= 4 is 29.4 Å². The molecule has 3 heterocycles. The summed E-state index contributed by atoms with van der Waals surface area (Å²) >= 11 is 5.99. The highest BCUT2D eigenvalue weighted by molar-refractivity contribution is 6.30. The van der Waals surface area contributed by atoms with Crippen molar-refractivity contribution in [3.05, 3.63) is 95.4 Å². The van der Waals surface area contributed by atoms with Crippen LogP contribution >= 0.6 is 11.6 Å². The third kappa shape index (κ3) is 6.21. The van der Waals surface area contributed by atoms with Crippen LogP contribution in [0.15, 0.2) is 84.9 Å². The topological polar surface area (TPSA) is 91.3 Å². The maximum atomic E-state index is 13.1. The standard InChI is InChI=1S/C28H27ClN6O2/c29-23-7-3-21(4-8-23)25-11-13-31-28(33-25)32-24-9-5-22(6-10-24)27(37)35-16-14-34(15-17-35)26(36)18-20-2-1-12-30-19-20/h1-9,11-13,19,24H,10,14-18H2,(H,31,32,33).